The van der Waals surface area contributed by atoms with Gasteiger partial charge in [-0.3, -0.25) is 4.79 Å². The maximum absolute atomic E-state index is 11.8. The molecule has 1 aromatic rings. The third kappa shape index (κ3) is 3.28. The molecule has 6 heteroatoms. The average Bonchev–Trinajstić information content (AvgIpc) is 2.94. The van der Waals surface area contributed by atoms with Crippen LogP contribution in [0.4, 0.5) is 0 Å². The lowest BCUT2D eigenvalue weighted by atomic mass is 10.2. The van der Waals surface area contributed by atoms with Crippen molar-refractivity contribution >= 4 is 17.2 Å². The zero-order valence-electron chi connectivity index (χ0n) is 10.6. The van der Waals surface area contributed by atoms with Gasteiger partial charge >= 0.3 is 0 Å². The number of thiazole rings is 1. The molecule has 5 nitrogen and oxygen atoms in total. The zero-order chi connectivity index (χ0) is 13.1. The molecule has 18 heavy (non-hydrogen) atoms. The van der Waals surface area contributed by atoms with E-state index in [1.807, 2.05) is 5.38 Å². The van der Waals surface area contributed by atoms with Gasteiger partial charge in [0.1, 0.15) is 0 Å². The van der Waals surface area contributed by atoms with Crippen molar-refractivity contribution in [2.24, 2.45) is 0 Å². The Kier molecular flexibility index (Phi) is 4.31. The van der Waals surface area contributed by atoms with E-state index in [1.54, 1.807) is 11.3 Å². The van der Waals surface area contributed by atoms with E-state index in [4.69, 9.17) is 0 Å². The molecular weight excluding hydrogens is 250 g/mol. The minimum Gasteiger partial charge on any atom is -0.392 e. The number of carbonyl (C=O) groups excluding carboxylic acids is 1. The Morgan fingerprint density at radius 3 is 3.06 bits per heavy atom. The quantitative estimate of drug-likeness (QED) is 0.748. The van der Waals surface area contributed by atoms with E-state index < -0.39 is 6.10 Å². The van der Waals surface area contributed by atoms with Gasteiger partial charge in [0.2, 0.25) is 5.91 Å². The molecule has 2 atom stereocenters. The van der Waals surface area contributed by atoms with E-state index in [1.165, 1.54) is 0 Å². The van der Waals surface area contributed by atoms with Crippen molar-refractivity contribution in [3.63, 3.8) is 0 Å². The van der Waals surface area contributed by atoms with E-state index in [0.29, 0.717) is 25.4 Å². The van der Waals surface area contributed by atoms with Crippen LogP contribution in [0.25, 0.3) is 0 Å². The number of nitrogens with one attached hydrogen (secondary N) is 2. The van der Waals surface area contributed by atoms with Gasteiger partial charge in [-0.05, 0) is 6.42 Å². The summed E-state index contributed by atoms with van der Waals surface area (Å²) in [6, 6.07) is -0.275. The van der Waals surface area contributed by atoms with Crippen molar-refractivity contribution in [1.29, 1.82) is 0 Å². The Hall–Kier alpha value is -0.980. The summed E-state index contributed by atoms with van der Waals surface area (Å²) < 4.78 is 0. The topological polar surface area (TPSA) is 74.2 Å². The third-order valence-electron chi connectivity index (χ3n) is 2.93. The summed E-state index contributed by atoms with van der Waals surface area (Å²) in [6.45, 7) is 5.15. The minimum atomic E-state index is -0.410. The molecule has 0 aromatic carbocycles. The molecule has 2 heterocycles. The van der Waals surface area contributed by atoms with Crippen LogP contribution in [-0.2, 0) is 11.3 Å². The molecule has 1 aromatic heterocycles. The fraction of sp³-hybridized carbons (Fsp3) is 0.667. The number of aliphatic hydroxyl groups is 1. The largest absolute Gasteiger partial charge is 0.392 e. The summed E-state index contributed by atoms with van der Waals surface area (Å²) in [6.07, 6.45) is 0.0766. The van der Waals surface area contributed by atoms with Gasteiger partial charge in [-0.1, -0.05) is 13.8 Å². The Morgan fingerprint density at radius 2 is 2.50 bits per heavy atom. The molecule has 1 saturated heterocycles. The zero-order valence-corrected chi connectivity index (χ0v) is 11.5. The van der Waals surface area contributed by atoms with Crippen LogP contribution in [0, 0.1) is 0 Å². The number of carbonyl (C=O) groups is 1. The third-order valence-corrected chi connectivity index (χ3v) is 4.13. The second-order valence-electron chi connectivity index (χ2n) is 4.90. The number of aliphatic hydroxyl groups excluding tert-OH is 1. The van der Waals surface area contributed by atoms with Crippen molar-refractivity contribution < 1.29 is 9.90 Å². The first-order valence-corrected chi connectivity index (χ1v) is 7.07. The van der Waals surface area contributed by atoms with Crippen LogP contribution in [0.2, 0.25) is 0 Å². The van der Waals surface area contributed by atoms with Gasteiger partial charge < -0.3 is 15.7 Å². The lowest BCUT2D eigenvalue weighted by molar-refractivity contribution is -0.123. The van der Waals surface area contributed by atoms with Crippen LogP contribution in [0.5, 0.6) is 0 Å². The molecule has 1 amide bonds. The Labute approximate surface area is 111 Å². The summed E-state index contributed by atoms with van der Waals surface area (Å²) in [4.78, 5) is 16.3. The van der Waals surface area contributed by atoms with Crippen molar-refractivity contribution in [2.45, 2.75) is 44.9 Å². The molecule has 0 aliphatic carbocycles. The lowest BCUT2D eigenvalue weighted by Gasteiger charge is -2.09. The molecule has 1 fully saturated rings. The number of nitrogens with zero attached hydrogens (tertiary/aromatic N) is 1. The predicted octanol–water partition coefficient (Wildman–Crippen LogP) is 0.605. The Balaban J connectivity index is 1.81. The summed E-state index contributed by atoms with van der Waals surface area (Å²) in [5, 5.41) is 18.2. The average molecular weight is 269 g/mol. The number of hydrogen-bond acceptors (Lipinski definition) is 5. The SMILES string of the molecule is CC(C)c1nc(CNC(=O)[C@H]2C[C@H](O)CN2)cs1. The number of hydrogen-bond donors (Lipinski definition) is 3. The summed E-state index contributed by atoms with van der Waals surface area (Å²) in [5.41, 5.74) is 0.899. The first-order valence-electron chi connectivity index (χ1n) is 6.19. The summed E-state index contributed by atoms with van der Waals surface area (Å²) in [5.74, 6) is 0.358. The van der Waals surface area contributed by atoms with Gasteiger partial charge in [-0.15, -0.1) is 11.3 Å². The molecule has 0 saturated carbocycles. The number of β-amino-alcohol motifs (C(OH)–C–C–N with tert-alkyl or cyclic N) is 1. The van der Waals surface area contributed by atoms with E-state index in [0.717, 1.165) is 10.7 Å². The number of rotatable bonds is 4. The van der Waals surface area contributed by atoms with Crippen LogP contribution in [0.1, 0.15) is 36.9 Å². The monoisotopic (exact) mass is 269 g/mol. The minimum absolute atomic E-state index is 0.0642. The highest BCUT2D eigenvalue weighted by molar-refractivity contribution is 7.09. The normalized spacial score (nSPS) is 23.6. The highest BCUT2D eigenvalue weighted by atomic mass is 32.1. The van der Waals surface area contributed by atoms with Gasteiger partial charge in [0, 0.05) is 17.8 Å². The Bertz CT molecular complexity index is 419. The smallest absolute Gasteiger partial charge is 0.237 e. The van der Waals surface area contributed by atoms with Crippen LogP contribution in [-0.4, -0.2) is 34.7 Å². The summed E-state index contributed by atoms with van der Waals surface area (Å²) >= 11 is 1.62. The van der Waals surface area contributed by atoms with Crippen LogP contribution >= 0.6 is 11.3 Å². The predicted molar refractivity (Wildman–Crippen MR) is 70.5 cm³/mol. The van der Waals surface area contributed by atoms with Crippen LogP contribution < -0.4 is 10.6 Å². The fourth-order valence-corrected chi connectivity index (χ4v) is 2.72. The maximum Gasteiger partial charge on any atom is 0.237 e. The molecular formula is C12H19N3O2S. The van der Waals surface area contributed by atoms with Crippen molar-refractivity contribution in [3.8, 4) is 0 Å². The van der Waals surface area contributed by atoms with Crippen molar-refractivity contribution in [2.75, 3.05) is 6.54 Å². The van der Waals surface area contributed by atoms with Crippen LogP contribution in [0.3, 0.4) is 0 Å². The van der Waals surface area contributed by atoms with Gasteiger partial charge in [-0.2, -0.15) is 0 Å². The van der Waals surface area contributed by atoms with E-state index in [9.17, 15) is 9.90 Å². The second kappa shape index (κ2) is 5.77. The molecule has 1 aliphatic heterocycles. The molecule has 0 radical (unpaired) electrons. The van der Waals surface area contributed by atoms with E-state index in [-0.39, 0.29) is 11.9 Å². The van der Waals surface area contributed by atoms with Gasteiger partial charge in [-0.25, -0.2) is 4.98 Å². The molecule has 0 bridgehead atoms. The molecule has 0 spiro atoms. The molecule has 100 valence electrons. The highest BCUT2D eigenvalue weighted by Gasteiger charge is 2.27. The standard InChI is InChI=1S/C12H19N3O2S/c1-7(2)12-15-8(6-18-12)4-14-11(17)10-3-9(16)5-13-10/h6-7,9-10,13,16H,3-5H2,1-2H3,(H,14,17)/t9-,10+/m0/s1. The van der Waals surface area contributed by atoms with Gasteiger partial charge in [0.15, 0.2) is 0 Å². The molecule has 3 N–H and O–H groups in total. The van der Waals surface area contributed by atoms with Gasteiger partial charge in [0.25, 0.3) is 0 Å². The van der Waals surface area contributed by atoms with Crippen molar-refractivity contribution in [1.82, 2.24) is 15.6 Å². The maximum atomic E-state index is 11.8. The second-order valence-corrected chi connectivity index (χ2v) is 5.79. The fourth-order valence-electron chi connectivity index (χ4n) is 1.89. The van der Waals surface area contributed by atoms with E-state index in [2.05, 4.69) is 29.5 Å². The molecule has 1 aliphatic rings. The molecule has 0 unspecified atom stereocenters. The lowest BCUT2D eigenvalue weighted by Crippen LogP contribution is -2.40. The Morgan fingerprint density at radius 1 is 1.72 bits per heavy atom. The number of amides is 1. The first kappa shape index (κ1) is 13.5. The summed E-state index contributed by atoms with van der Waals surface area (Å²) in [7, 11) is 0. The van der Waals surface area contributed by atoms with E-state index >= 15 is 0 Å². The van der Waals surface area contributed by atoms with Gasteiger partial charge in [0.05, 0.1) is 29.4 Å². The number of aromatic nitrogens is 1. The highest BCUT2D eigenvalue weighted by Crippen LogP contribution is 2.19. The first-order chi connectivity index (χ1) is 8.56. The van der Waals surface area contributed by atoms with Crippen LogP contribution in [0.15, 0.2) is 5.38 Å². The molecule has 2 rings (SSSR count). The van der Waals surface area contributed by atoms with Crippen molar-refractivity contribution in [3.05, 3.63) is 16.1 Å².